The quantitative estimate of drug-likeness (QED) is 0.773. The van der Waals surface area contributed by atoms with E-state index in [0.717, 1.165) is 30.7 Å². The number of nitrogens with zero attached hydrogens (tertiary/aromatic N) is 2. The van der Waals surface area contributed by atoms with Crippen LogP contribution in [0.4, 0.5) is 11.4 Å². The summed E-state index contributed by atoms with van der Waals surface area (Å²) in [5.41, 5.74) is 1.87. The molecule has 26 heavy (non-hydrogen) atoms. The van der Waals surface area contributed by atoms with Gasteiger partial charge in [0, 0.05) is 10.2 Å². The molecule has 0 aromatic heterocycles. The maximum atomic E-state index is 12.9. The zero-order valence-corrected chi connectivity index (χ0v) is 16.0. The van der Waals surface area contributed by atoms with Crippen molar-refractivity contribution < 1.29 is 14.5 Å². The molecule has 2 aliphatic rings. The molecule has 5 nitrogen and oxygen atoms in total. The first-order chi connectivity index (χ1) is 12.6. The van der Waals surface area contributed by atoms with E-state index in [4.69, 9.17) is 0 Å². The molecule has 2 amide bonds. The summed E-state index contributed by atoms with van der Waals surface area (Å²) in [6, 6.07) is 17.4. The molecule has 0 spiro atoms. The summed E-state index contributed by atoms with van der Waals surface area (Å²) in [6.45, 7) is 3.53. The third-order valence-electron chi connectivity index (χ3n) is 5.23. The van der Waals surface area contributed by atoms with Gasteiger partial charge >= 0.3 is 0 Å². The summed E-state index contributed by atoms with van der Waals surface area (Å²) in [5.74, 6) is -0.174. The lowest BCUT2D eigenvalue weighted by Crippen LogP contribution is -3.19. The Morgan fingerprint density at radius 1 is 0.923 bits per heavy atom. The van der Waals surface area contributed by atoms with Crippen LogP contribution < -0.4 is 14.7 Å². The third kappa shape index (κ3) is 3.27. The van der Waals surface area contributed by atoms with Gasteiger partial charge in [-0.25, -0.2) is 4.90 Å². The lowest BCUT2D eigenvalue weighted by Gasteiger charge is -2.35. The highest BCUT2D eigenvalue weighted by Crippen LogP contribution is 2.25. The number of hydrogen-bond donors (Lipinski definition) is 1. The first kappa shape index (κ1) is 17.2. The molecule has 2 heterocycles. The predicted octanol–water partition coefficient (Wildman–Crippen LogP) is 1.49. The molecule has 0 unspecified atom stereocenters. The van der Waals surface area contributed by atoms with E-state index in [1.807, 2.05) is 42.5 Å². The zero-order valence-electron chi connectivity index (χ0n) is 14.4. The number of carbonyl (C=O) groups excluding carboxylic acids is 2. The maximum absolute atomic E-state index is 12.9. The Morgan fingerprint density at radius 3 is 2.31 bits per heavy atom. The fourth-order valence-electron chi connectivity index (χ4n) is 3.88. The van der Waals surface area contributed by atoms with Crippen molar-refractivity contribution in [3.63, 3.8) is 0 Å². The molecular weight excluding hydrogens is 394 g/mol. The summed E-state index contributed by atoms with van der Waals surface area (Å²) >= 11 is 3.41. The molecule has 1 atom stereocenters. The van der Waals surface area contributed by atoms with E-state index in [2.05, 4.69) is 33.0 Å². The van der Waals surface area contributed by atoms with E-state index in [1.54, 1.807) is 0 Å². The number of quaternary nitrogens is 1. The number of halogens is 1. The van der Waals surface area contributed by atoms with Crippen LogP contribution in [0.25, 0.3) is 0 Å². The summed E-state index contributed by atoms with van der Waals surface area (Å²) in [4.78, 5) is 30.3. The second-order valence-corrected chi connectivity index (χ2v) is 7.70. The Hall–Kier alpha value is -2.18. The third-order valence-corrected chi connectivity index (χ3v) is 5.73. The van der Waals surface area contributed by atoms with Crippen LogP contribution in [0.2, 0.25) is 0 Å². The molecule has 2 saturated heterocycles. The minimum Gasteiger partial charge on any atom is -0.360 e. The normalized spacial score (nSPS) is 21.5. The summed E-state index contributed by atoms with van der Waals surface area (Å²) in [6.07, 6.45) is 0.298. The number of benzene rings is 2. The summed E-state index contributed by atoms with van der Waals surface area (Å²) in [5, 5.41) is 0. The zero-order chi connectivity index (χ0) is 18.1. The van der Waals surface area contributed by atoms with Crippen molar-refractivity contribution in [3.05, 3.63) is 59.1 Å². The highest BCUT2D eigenvalue weighted by Gasteiger charge is 2.46. The molecule has 2 aromatic rings. The lowest BCUT2D eigenvalue weighted by atomic mass is 10.1. The van der Waals surface area contributed by atoms with Gasteiger partial charge < -0.3 is 9.80 Å². The van der Waals surface area contributed by atoms with Gasteiger partial charge in [-0.05, 0) is 30.3 Å². The Labute approximate surface area is 161 Å². The van der Waals surface area contributed by atoms with Crippen LogP contribution in [0, 0.1) is 0 Å². The minimum atomic E-state index is -0.264. The molecule has 134 valence electrons. The van der Waals surface area contributed by atoms with E-state index >= 15 is 0 Å². The van der Waals surface area contributed by atoms with Gasteiger partial charge in [0.1, 0.15) is 0 Å². The second kappa shape index (κ2) is 7.21. The molecule has 1 N–H and O–H groups in total. The van der Waals surface area contributed by atoms with Gasteiger partial charge in [0.25, 0.3) is 5.91 Å². The number of para-hydroxylation sites is 1. The number of piperazine rings is 1. The average Bonchev–Trinajstić information content (AvgIpc) is 2.97. The fraction of sp³-hybridized carbons (Fsp3) is 0.300. The predicted molar refractivity (Wildman–Crippen MR) is 104 cm³/mol. The standard InChI is InChI=1S/C20H20BrN3O2/c21-15-5-4-8-17(13-15)24-19(25)14-18(20(24)26)23-11-9-22(10-12-23)16-6-2-1-3-7-16/h1-8,13,18H,9-12,14H2/p+1/t18-/m1/s1. The van der Waals surface area contributed by atoms with Crippen molar-refractivity contribution in [2.24, 2.45) is 0 Å². The summed E-state index contributed by atoms with van der Waals surface area (Å²) in [7, 11) is 0. The maximum Gasteiger partial charge on any atom is 0.292 e. The number of nitrogens with one attached hydrogen (secondary N) is 1. The Bertz CT molecular complexity index is 819. The average molecular weight is 415 g/mol. The number of rotatable bonds is 3. The van der Waals surface area contributed by atoms with Crippen molar-refractivity contribution in [3.8, 4) is 0 Å². The highest BCUT2D eigenvalue weighted by molar-refractivity contribution is 9.10. The molecule has 2 aliphatic heterocycles. The van der Waals surface area contributed by atoms with E-state index in [9.17, 15) is 9.59 Å². The van der Waals surface area contributed by atoms with E-state index < -0.39 is 0 Å². The fourth-order valence-corrected chi connectivity index (χ4v) is 4.26. The molecule has 2 fully saturated rings. The van der Waals surface area contributed by atoms with Gasteiger partial charge in [-0.3, -0.25) is 9.59 Å². The van der Waals surface area contributed by atoms with Gasteiger partial charge in [0.15, 0.2) is 6.04 Å². The largest absolute Gasteiger partial charge is 0.360 e. The molecule has 0 aliphatic carbocycles. The van der Waals surface area contributed by atoms with Crippen LogP contribution in [0.1, 0.15) is 6.42 Å². The molecule has 2 aromatic carbocycles. The monoisotopic (exact) mass is 414 g/mol. The van der Waals surface area contributed by atoms with Crippen molar-refractivity contribution in [2.45, 2.75) is 12.5 Å². The van der Waals surface area contributed by atoms with Crippen LogP contribution in [0.3, 0.4) is 0 Å². The number of imide groups is 1. The first-order valence-electron chi connectivity index (χ1n) is 8.90. The molecule has 4 rings (SSSR count). The van der Waals surface area contributed by atoms with Gasteiger partial charge in [-0.1, -0.05) is 40.2 Å². The van der Waals surface area contributed by atoms with Crippen molar-refractivity contribution in [2.75, 3.05) is 36.0 Å². The van der Waals surface area contributed by atoms with Crippen molar-refractivity contribution >= 4 is 39.1 Å². The van der Waals surface area contributed by atoms with Gasteiger partial charge in [-0.2, -0.15) is 0 Å². The second-order valence-electron chi connectivity index (χ2n) is 6.78. The molecule has 0 bridgehead atoms. The topological polar surface area (TPSA) is 45.1 Å². The van der Waals surface area contributed by atoms with Crippen molar-refractivity contribution in [1.29, 1.82) is 0 Å². The van der Waals surface area contributed by atoms with Crippen LogP contribution in [-0.2, 0) is 9.59 Å². The lowest BCUT2D eigenvalue weighted by molar-refractivity contribution is -0.915. The minimum absolute atomic E-state index is 0.0729. The Balaban J connectivity index is 1.45. The van der Waals surface area contributed by atoms with Crippen LogP contribution >= 0.6 is 15.9 Å². The Kier molecular flexibility index (Phi) is 4.78. The summed E-state index contributed by atoms with van der Waals surface area (Å²) < 4.78 is 0.864. The van der Waals surface area contributed by atoms with E-state index in [-0.39, 0.29) is 17.9 Å². The van der Waals surface area contributed by atoms with Crippen molar-refractivity contribution in [1.82, 2.24) is 0 Å². The molecule has 0 saturated carbocycles. The number of amides is 2. The number of anilines is 2. The molecule has 0 radical (unpaired) electrons. The van der Waals surface area contributed by atoms with Crippen LogP contribution in [0.15, 0.2) is 59.1 Å². The smallest absolute Gasteiger partial charge is 0.292 e. The van der Waals surface area contributed by atoms with E-state index in [0.29, 0.717) is 12.1 Å². The highest BCUT2D eigenvalue weighted by atomic mass is 79.9. The van der Waals surface area contributed by atoms with Gasteiger partial charge in [-0.15, -0.1) is 0 Å². The molecule has 6 heteroatoms. The van der Waals surface area contributed by atoms with Crippen LogP contribution in [0.5, 0.6) is 0 Å². The van der Waals surface area contributed by atoms with Gasteiger partial charge in [0.05, 0.1) is 38.3 Å². The van der Waals surface area contributed by atoms with Crippen LogP contribution in [-0.4, -0.2) is 44.0 Å². The Morgan fingerprint density at radius 2 is 1.62 bits per heavy atom. The molecular formula is C20H21BrN3O2+. The van der Waals surface area contributed by atoms with Gasteiger partial charge in [0.2, 0.25) is 5.91 Å². The first-order valence-corrected chi connectivity index (χ1v) is 9.70. The number of hydrogen-bond acceptors (Lipinski definition) is 3. The van der Waals surface area contributed by atoms with E-state index in [1.165, 1.54) is 15.5 Å². The SMILES string of the molecule is O=C1C[C@@H]([NH+]2CCN(c3ccccc3)CC2)C(=O)N1c1cccc(Br)c1. The number of carbonyl (C=O) groups is 2.